The minimum absolute atomic E-state index is 0.281. The lowest BCUT2D eigenvalue weighted by atomic mass is 10.0. The number of methoxy groups -OCH3 is 1. The van der Waals surface area contributed by atoms with E-state index >= 15 is 0 Å². The van der Waals surface area contributed by atoms with E-state index in [4.69, 9.17) is 4.74 Å². The fraction of sp³-hybridized carbons (Fsp3) is 0.400. The van der Waals surface area contributed by atoms with E-state index in [0.717, 1.165) is 6.42 Å². The van der Waals surface area contributed by atoms with Crippen molar-refractivity contribution in [2.24, 2.45) is 0 Å². The van der Waals surface area contributed by atoms with Crippen LogP contribution in [0.3, 0.4) is 0 Å². The molecule has 11 heavy (non-hydrogen) atoms. The Morgan fingerprint density at radius 1 is 1.64 bits per heavy atom. The fourth-order valence-electron chi connectivity index (χ4n) is 1.11. The SMILES string of the molecule is CC=CC1=CCC(OC)C=C1. The summed E-state index contributed by atoms with van der Waals surface area (Å²) in [6.07, 6.45) is 11.8. The van der Waals surface area contributed by atoms with Crippen molar-refractivity contribution in [2.45, 2.75) is 19.4 Å². The molecule has 1 heteroatoms. The largest absolute Gasteiger partial charge is 0.377 e. The van der Waals surface area contributed by atoms with Crippen molar-refractivity contribution in [3.63, 3.8) is 0 Å². The van der Waals surface area contributed by atoms with Crippen molar-refractivity contribution < 1.29 is 4.74 Å². The van der Waals surface area contributed by atoms with Gasteiger partial charge in [0.25, 0.3) is 0 Å². The van der Waals surface area contributed by atoms with E-state index in [-0.39, 0.29) is 6.10 Å². The number of hydrogen-bond donors (Lipinski definition) is 0. The second-order valence-electron chi connectivity index (χ2n) is 2.57. The first kappa shape index (κ1) is 8.28. The molecule has 60 valence electrons. The number of ether oxygens (including phenoxy) is 1. The highest BCUT2D eigenvalue weighted by Gasteiger charge is 2.04. The average molecular weight is 150 g/mol. The molecule has 0 spiro atoms. The maximum Gasteiger partial charge on any atom is 0.0789 e. The van der Waals surface area contributed by atoms with Crippen molar-refractivity contribution in [3.8, 4) is 0 Å². The minimum atomic E-state index is 0.281. The fourth-order valence-corrected chi connectivity index (χ4v) is 1.11. The quantitative estimate of drug-likeness (QED) is 0.587. The zero-order valence-corrected chi connectivity index (χ0v) is 7.08. The third-order valence-corrected chi connectivity index (χ3v) is 1.75. The summed E-state index contributed by atoms with van der Waals surface area (Å²) in [7, 11) is 1.74. The topological polar surface area (TPSA) is 9.23 Å². The molecule has 0 heterocycles. The Morgan fingerprint density at radius 2 is 2.45 bits per heavy atom. The van der Waals surface area contributed by atoms with Gasteiger partial charge < -0.3 is 4.74 Å². The summed E-state index contributed by atoms with van der Waals surface area (Å²) in [6, 6.07) is 0. The van der Waals surface area contributed by atoms with Crippen molar-refractivity contribution in [3.05, 3.63) is 36.0 Å². The second kappa shape index (κ2) is 4.14. The first-order chi connectivity index (χ1) is 5.36. The summed E-state index contributed by atoms with van der Waals surface area (Å²) in [4.78, 5) is 0. The van der Waals surface area contributed by atoms with Gasteiger partial charge in [0.2, 0.25) is 0 Å². The molecule has 0 bridgehead atoms. The number of hydrogen-bond acceptors (Lipinski definition) is 1. The maximum atomic E-state index is 5.16. The summed E-state index contributed by atoms with van der Waals surface area (Å²) in [5, 5.41) is 0. The molecule has 1 aliphatic carbocycles. The third kappa shape index (κ3) is 2.35. The van der Waals surface area contributed by atoms with Gasteiger partial charge in [-0.05, 0) is 18.9 Å². The van der Waals surface area contributed by atoms with Gasteiger partial charge in [-0.25, -0.2) is 0 Å². The third-order valence-electron chi connectivity index (χ3n) is 1.75. The average Bonchev–Trinajstić information content (AvgIpc) is 2.07. The van der Waals surface area contributed by atoms with Crippen molar-refractivity contribution in [2.75, 3.05) is 7.11 Å². The number of allylic oxidation sites excluding steroid dienone is 4. The van der Waals surface area contributed by atoms with Crippen LogP contribution in [-0.2, 0) is 4.74 Å². The molecule has 0 aliphatic heterocycles. The lowest BCUT2D eigenvalue weighted by Gasteiger charge is -2.12. The van der Waals surface area contributed by atoms with Gasteiger partial charge in [0.15, 0.2) is 0 Å². The van der Waals surface area contributed by atoms with Gasteiger partial charge in [0.05, 0.1) is 6.10 Å². The Morgan fingerprint density at radius 3 is 2.91 bits per heavy atom. The molecule has 1 rings (SSSR count). The lowest BCUT2D eigenvalue weighted by Crippen LogP contribution is -2.07. The zero-order chi connectivity index (χ0) is 8.10. The molecule has 0 saturated carbocycles. The van der Waals surface area contributed by atoms with E-state index in [1.165, 1.54) is 5.57 Å². The Kier molecular flexibility index (Phi) is 3.12. The van der Waals surface area contributed by atoms with Crippen molar-refractivity contribution in [1.29, 1.82) is 0 Å². The first-order valence-corrected chi connectivity index (χ1v) is 3.90. The van der Waals surface area contributed by atoms with E-state index in [2.05, 4.69) is 24.3 Å². The molecule has 0 aromatic heterocycles. The van der Waals surface area contributed by atoms with Gasteiger partial charge in [-0.2, -0.15) is 0 Å². The standard InChI is InChI=1S/C10H14O/c1-3-4-9-5-7-10(11-2)8-6-9/h3-7,10H,8H2,1-2H3. The first-order valence-electron chi connectivity index (χ1n) is 3.90. The molecule has 1 nitrogen and oxygen atoms in total. The molecule has 0 fully saturated rings. The Hall–Kier alpha value is -0.820. The maximum absolute atomic E-state index is 5.16. The second-order valence-corrected chi connectivity index (χ2v) is 2.57. The van der Waals surface area contributed by atoms with Crippen LogP contribution >= 0.6 is 0 Å². The van der Waals surface area contributed by atoms with Crippen LogP contribution in [0, 0.1) is 0 Å². The minimum Gasteiger partial charge on any atom is -0.377 e. The summed E-state index contributed by atoms with van der Waals surface area (Å²) in [6.45, 7) is 2.02. The van der Waals surface area contributed by atoms with E-state index in [1.807, 2.05) is 13.0 Å². The Labute approximate surface area is 68.1 Å². The summed E-state index contributed by atoms with van der Waals surface area (Å²) < 4.78 is 5.16. The van der Waals surface area contributed by atoms with Gasteiger partial charge >= 0.3 is 0 Å². The van der Waals surface area contributed by atoms with E-state index in [1.54, 1.807) is 7.11 Å². The molecule has 0 N–H and O–H groups in total. The van der Waals surface area contributed by atoms with Crippen LogP contribution in [0.5, 0.6) is 0 Å². The molecule has 0 saturated heterocycles. The highest BCUT2D eigenvalue weighted by Crippen LogP contribution is 2.13. The van der Waals surface area contributed by atoms with Gasteiger partial charge in [-0.3, -0.25) is 0 Å². The van der Waals surface area contributed by atoms with Gasteiger partial charge in [-0.1, -0.05) is 30.4 Å². The van der Waals surface area contributed by atoms with Gasteiger partial charge in [-0.15, -0.1) is 0 Å². The summed E-state index contributed by atoms with van der Waals surface area (Å²) in [5.74, 6) is 0. The van der Waals surface area contributed by atoms with Crippen LogP contribution in [0.15, 0.2) is 36.0 Å². The monoisotopic (exact) mass is 150 g/mol. The molecule has 1 aliphatic rings. The van der Waals surface area contributed by atoms with Crippen LogP contribution in [-0.4, -0.2) is 13.2 Å². The van der Waals surface area contributed by atoms with E-state index in [9.17, 15) is 0 Å². The molecule has 0 aromatic rings. The Bertz CT molecular complexity index is 199. The van der Waals surface area contributed by atoms with Crippen LogP contribution in [0.4, 0.5) is 0 Å². The predicted octanol–water partition coefficient (Wildman–Crippen LogP) is 2.46. The lowest BCUT2D eigenvalue weighted by molar-refractivity contribution is 0.142. The highest BCUT2D eigenvalue weighted by atomic mass is 16.5. The van der Waals surface area contributed by atoms with Crippen LogP contribution < -0.4 is 0 Å². The van der Waals surface area contributed by atoms with Crippen molar-refractivity contribution in [1.82, 2.24) is 0 Å². The van der Waals surface area contributed by atoms with Gasteiger partial charge in [0, 0.05) is 7.11 Å². The highest BCUT2D eigenvalue weighted by molar-refractivity contribution is 5.33. The van der Waals surface area contributed by atoms with Crippen LogP contribution in [0.2, 0.25) is 0 Å². The number of rotatable bonds is 2. The molecule has 0 aromatic carbocycles. The molecule has 0 amide bonds. The van der Waals surface area contributed by atoms with Gasteiger partial charge in [0.1, 0.15) is 0 Å². The normalized spacial score (nSPS) is 24.2. The van der Waals surface area contributed by atoms with Crippen molar-refractivity contribution >= 4 is 0 Å². The molecular weight excluding hydrogens is 136 g/mol. The summed E-state index contributed by atoms with van der Waals surface area (Å²) >= 11 is 0. The van der Waals surface area contributed by atoms with E-state index < -0.39 is 0 Å². The Balaban J connectivity index is 2.52. The molecule has 0 radical (unpaired) electrons. The van der Waals surface area contributed by atoms with Crippen LogP contribution in [0.1, 0.15) is 13.3 Å². The molecular formula is C10H14O. The molecule has 1 atom stereocenters. The molecule has 1 unspecified atom stereocenters. The smallest absolute Gasteiger partial charge is 0.0789 e. The van der Waals surface area contributed by atoms with Crippen LogP contribution in [0.25, 0.3) is 0 Å². The predicted molar refractivity (Wildman–Crippen MR) is 47.5 cm³/mol. The summed E-state index contributed by atoms with van der Waals surface area (Å²) in [5.41, 5.74) is 1.28. The van der Waals surface area contributed by atoms with E-state index in [0.29, 0.717) is 0 Å². The zero-order valence-electron chi connectivity index (χ0n) is 7.08.